The van der Waals surface area contributed by atoms with Crippen molar-refractivity contribution < 1.29 is 14.6 Å². The summed E-state index contributed by atoms with van der Waals surface area (Å²) in [6.45, 7) is 2.25. The van der Waals surface area contributed by atoms with E-state index in [1.54, 1.807) is 30.0 Å². The number of imidazole rings is 1. The Kier molecular flexibility index (Phi) is 7.78. The highest BCUT2D eigenvalue weighted by atomic mass is 35.5. The number of carbonyl (C=O) groups is 1. The van der Waals surface area contributed by atoms with Gasteiger partial charge in [-0.25, -0.2) is 4.98 Å². The summed E-state index contributed by atoms with van der Waals surface area (Å²) in [5.41, 5.74) is 2.82. The molecule has 28 heavy (non-hydrogen) atoms. The number of halogens is 1. The lowest BCUT2D eigenvalue weighted by atomic mass is 10.1. The summed E-state index contributed by atoms with van der Waals surface area (Å²) in [4.78, 5) is 16.5. The molecule has 0 bridgehead atoms. The molecule has 0 saturated heterocycles. The normalized spacial score (nSPS) is 11.8. The standard InChI is InChI=1S/C21H24N2O3S.ClH/c1-4-19(25)20(27-3)11-14-5-8-16(9-6-14)26-13-21-22-17-10-7-15(24)12-18(17)23(21)2;/h5-10,12,20,24H,4,11,13H2,1-3H3;1H. The third-order valence-corrected chi connectivity index (χ3v) is 5.66. The van der Waals surface area contributed by atoms with Gasteiger partial charge in [0.25, 0.3) is 0 Å². The first-order valence-electron chi connectivity index (χ1n) is 8.93. The number of hydrogen-bond acceptors (Lipinski definition) is 5. The molecule has 0 fully saturated rings. The van der Waals surface area contributed by atoms with Crippen molar-refractivity contribution in [3.8, 4) is 11.5 Å². The highest BCUT2D eigenvalue weighted by Crippen LogP contribution is 2.22. The lowest BCUT2D eigenvalue weighted by Crippen LogP contribution is -2.18. The third-order valence-electron chi connectivity index (χ3n) is 4.66. The van der Waals surface area contributed by atoms with E-state index in [1.807, 2.05) is 49.1 Å². The molecule has 0 amide bonds. The molecule has 0 aliphatic rings. The molecule has 7 heteroatoms. The minimum Gasteiger partial charge on any atom is -0.508 e. The first kappa shape index (κ1) is 22.1. The van der Waals surface area contributed by atoms with Crippen LogP contribution in [0.2, 0.25) is 0 Å². The quantitative estimate of drug-likeness (QED) is 0.579. The second kappa shape index (κ2) is 9.85. The Labute approximate surface area is 175 Å². The van der Waals surface area contributed by atoms with Crippen LogP contribution < -0.4 is 4.74 Å². The summed E-state index contributed by atoms with van der Waals surface area (Å²) in [5.74, 6) is 2.06. The van der Waals surface area contributed by atoms with Crippen molar-refractivity contribution in [2.24, 2.45) is 7.05 Å². The van der Waals surface area contributed by atoms with Crippen LogP contribution in [0.15, 0.2) is 42.5 Å². The van der Waals surface area contributed by atoms with Crippen LogP contribution in [-0.2, 0) is 24.9 Å². The summed E-state index contributed by atoms with van der Waals surface area (Å²) in [7, 11) is 1.91. The molecule has 0 spiro atoms. The fraction of sp³-hybridized carbons (Fsp3) is 0.333. The van der Waals surface area contributed by atoms with E-state index in [0.29, 0.717) is 13.0 Å². The predicted octanol–water partition coefficient (Wildman–Crippen LogP) is 4.53. The zero-order chi connectivity index (χ0) is 19.4. The van der Waals surface area contributed by atoms with E-state index < -0.39 is 0 Å². The summed E-state index contributed by atoms with van der Waals surface area (Å²) in [6.07, 6.45) is 3.29. The van der Waals surface area contributed by atoms with Crippen molar-refractivity contribution >= 4 is 41.0 Å². The number of aromatic hydroxyl groups is 1. The van der Waals surface area contributed by atoms with Crippen molar-refractivity contribution in [1.82, 2.24) is 9.55 Å². The number of nitrogens with zero attached hydrogens (tertiary/aromatic N) is 2. The van der Waals surface area contributed by atoms with Gasteiger partial charge in [-0.2, -0.15) is 11.8 Å². The Balaban J connectivity index is 0.00000280. The van der Waals surface area contributed by atoms with Gasteiger partial charge in [-0.05, 0) is 42.5 Å². The summed E-state index contributed by atoms with van der Waals surface area (Å²) in [5, 5.41) is 9.65. The Bertz CT molecular complexity index is 941. The van der Waals surface area contributed by atoms with Crippen LogP contribution in [0.25, 0.3) is 11.0 Å². The average molecular weight is 421 g/mol. The number of hydrogen-bond donors (Lipinski definition) is 1. The van der Waals surface area contributed by atoms with E-state index in [4.69, 9.17) is 4.74 Å². The Morgan fingerprint density at radius 1 is 1.25 bits per heavy atom. The van der Waals surface area contributed by atoms with Crippen LogP contribution in [0.5, 0.6) is 11.5 Å². The third kappa shape index (κ3) is 5.00. The van der Waals surface area contributed by atoms with E-state index in [1.165, 1.54) is 0 Å². The molecule has 0 radical (unpaired) electrons. The molecular formula is C21H25ClN2O3S. The van der Waals surface area contributed by atoms with E-state index in [2.05, 4.69) is 4.98 Å². The van der Waals surface area contributed by atoms with Crippen molar-refractivity contribution in [2.75, 3.05) is 6.26 Å². The first-order chi connectivity index (χ1) is 13.0. The number of thioether (sulfide) groups is 1. The number of aromatic nitrogens is 2. The summed E-state index contributed by atoms with van der Waals surface area (Å²) in [6, 6.07) is 13.0. The summed E-state index contributed by atoms with van der Waals surface area (Å²) >= 11 is 1.60. The van der Waals surface area contributed by atoms with Crippen LogP contribution in [0.3, 0.4) is 0 Å². The molecule has 1 atom stereocenters. The fourth-order valence-corrected chi connectivity index (χ4v) is 3.79. The number of aryl methyl sites for hydroxylation is 1. The van der Waals surface area contributed by atoms with Gasteiger partial charge < -0.3 is 14.4 Å². The number of phenols is 1. The number of benzene rings is 2. The molecule has 3 aromatic rings. The summed E-state index contributed by atoms with van der Waals surface area (Å²) < 4.78 is 7.79. The zero-order valence-corrected chi connectivity index (χ0v) is 17.8. The van der Waals surface area contributed by atoms with Crippen LogP contribution in [0, 0.1) is 0 Å². The van der Waals surface area contributed by atoms with Gasteiger partial charge in [0.15, 0.2) is 0 Å². The smallest absolute Gasteiger partial charge is 0.147 e. The lowest BCUT2D eigenvalue weighted by molar-refractivity contribution is -0.118. The maximum Gasteiger partial charge on any atom is 0.147 e. The van der Waals surface area contributed by atoms with E-state index in [-0.39, 0.29) is 29.2 Å². The molecule has 0 saturated carbocycles. The molecule has 150 valence electrons. The Morgan fingerprint density at radius 3 is 2.61 bits per heavy atom. The second-order valence-corrected chi connectivity index (χ2v) is 7.48. The van der Waals surface area contributed by atoms with Crippen molar-refractivity contribution in [2.45, 2.75) is 31.6 Å². The number of rotatable bonds is 8. The average Bonchev–Trinajstić information content (AvgIpc) is 3.00. The molecule has 1 N–H and O–H groups in total. The number of Topliss-reactive ketones (excluding diaryl/α,β-unsaturated/α-hetero) is 1. The molecule has 0 aliphatic carbocycles. The van der Waals surface area contributed by atoms with Crippen LogP contribution >= 0.6 is 24.2 Å². The van der Waals surface area contributed by atoms with Gasteiger partial charge in [-0.1, -0.05) is 19.1 Å². The maximum absolute atomic E-state index is 11.9. The lowest BCUT2D eigenvalue weighted by Gasteiger charge is -2.13. The van der Waals surface area contributed by atoms with Crippen molar-refractivity contribution in [3.05, 3.63) is 53.9 Å². The van der Waals surface area contributed by atoms with Crippen molar-refractivity contribution in [1.29, 1.82) is 0 Å². The Morgan fingerprint density at radius 2 is 1.96 bits per heavy atom. The van der Waals surface area contributed by atoms with Crippen molar-refractivity contribution in [3.63, 3.8) is 0 Å². The topological polar surface area (TPSA) is 64.3 Å². The Hall–Kier alpha value is -2.18. The molecule has 1 aromatic heterocycles. The molecule has 0 aliphatic heterocycles. The number of phenolic OH excluding ortho intramolecular Hbond substituents is 1. The van der Waals surface area contributed by atoms with Gasteiger partial charge in [-0.3, -0.25) is 4.79 Å². The number of carbonyl (C=O) groups excluding carboxylic acids is 1. The molecule has 5 nitrogen and oxygen atoms in total. The number of ketones is 1. The SMILES string of the molecule is CCC(=O)C(Cc1ccc(OCc2nc3ccc(O)cc3n2C)cc1)SC.Cl. The van der Waals surface area contributed by atoms with Crippen LogP contribution in [-0.4, -0.2) is 31.9 Å². The minimum atomic E-state index is 0. The predicted molar refractivity (Wildman–Crippen MR) is 117 cm³/mol. The number of ether oxygens (including phenoxy) is 1. The highest BCUT2D eigenvalue weighted by molar-refractivity contribution is 7.99. The molecule has 1 unspecified atom stereocenters. The van der Waals surface area contributed by atoms with Gasteiger partial charge in [0.2, 0.25) is 0 Å². The second-order valence-electron chi connectivity index (χ2n) is 6.44. The number of fused-ring (bicyclic) bond motifs is 1. The molecule has 1 heterocycles. The largest absolute Gasteiger partial charge is 0.508 e. The fourth-order valence-electron chi connectivity index (χ4n) is 3.00. The first-order valence-corrected chi connectivity index (χ1v) is 10.2. The van der Waals surface area contributed by atoms with E-state index in [9.17, 15) is 9.90 Å². The van der Waals surface area contributed by atoms with Crippen LogP contribution in [0.4, 0.5) is 0 Å². The van der Waals surface area contributed by atoms with Gasteiger partial charge in [-0.15, -0.1) is 12.4 Å². The van der Waals surface area contributed by atoms with Gasteiger partial charge in [0.1, 0.15) is 29.7 Å². The van der Waals surface area contributed by atoms with Crippen LogP contribution in [0.1, 0.15) is 24.7 Å². The van der Waals surface area contributed by atoms with E-state index in [0.717, 1.165) is 34.6 Å². The molecule has 2 aromatic carbocycles. The van der Waals surface area contributed by atoms with E-state index >= 15 is 0 Å². The molecular weight excluding hydrogens is 396 g/mol. The van der Waals surface area contributed by atoms with Gasteiger partial charge in [0, 0.05) is 19.5 Å². The molecule has 3 rings (SSSR count). The highest BCUT2D eigenvalue weighted by Gasteiger charge is 2.16. The van der Waals surface area contributed by atoms with Gasteiger partial charge >= 0.3 is 0 Å². The maximum atomic E-state index is 11.9. The van der Waals surface area contributed by atoms with Gasteiger partial charge in [0.05, 0.1) is 16.3 Å². The minimum absolute atomic E-state index is 0. The zero-order valence-electron chi connectivity index (χ0n) is 16.2. The monoisotopic (exact) mass is 420 g/mol.